The van der Waals surface area contributed by atoms with Crippen molar-refractivity contribution in [1.29, 1.82) is 0 Å². The van der Waals surface area contributed by atoms with Crippen molar-refractivity contribution < 1.29 is 18.3 Å². The van der Waals surface area contributed by atoms with Crippen molar-refractivity contribution in [2.75, 3.05) is 6.61 Å². The van der Waals surface area contributed by atoms with Crippen LogP contribution in [-0.4, -0.2) is 12.4 Å². The molecule has 1 heterocycles. The van der Waals surface area contributed by atoms with Crippen LogP contribution in [0.2, 0.25) is 0 Å². The molecule has 14 heavy (non-hydrogen) atoms. The van der Waals surface area contributed by atoms with Crippen molar-refractivity contribution >= 4 is 5.78 Å². The van der Waals surface area contributed by atoms with Crippen molar-refractivity contribution in [2.24, 2.45) is 0 Å². The third-order valence-electron chi connectivity index (χ3n) is 2.16. The molecule has 0 fully saturated rings. The zero-order valence-electron chi connectivity index (χ0n) is 7.30. The summed E-state index contributed by atoms with van der Waals surface area (Å²) in [7, 11) is 0. The van der Waals surface area contributed by atoms with Crippen LogP contribution in [0.15, 0.2) is 18.2 Å². The highest BCUT2D eigenvalue weighted by molar-refractivity contribution is 6.01. The summed E-state index contributed by atoms with van der Waals surface area (Å²) in [6, 6.07) is 4.27. The van der Waals surface area contributed by atoms with Crippen LogP contribution in [-0.2, 0) is 0 Å². The number of carbonyl (C=O) groups excluding carboxylic acids is 1. The standard InChI is InChI=1S/C10H8F2O2/c11-10(12)6-2-1-3-8-9(6)7(13)4-5-14-8/h1-3,10H,4-5H2. The van der Waals surface area contributed by atoms with Crippen molar-refractivity contribution in [3.8, 4) is 5.75 Å². The lowest BCUT2D eigenvalue weighted by Gasteiger charge is -2.18. The van der Waals surface area contributed by atoms with Crippen LogP contribution in [0.25, 0.3) is 0 Å². The van der Waals surface area contributed by atoms with Gasteiger partial charge in [-0.15, -0.1) is 0 Å². The number of carbonyl (C=O) groups is 1. The lowest BCUT2D eigenvalue weighted by atomic mass is 9.99. The second-order valence-corrected chi connectivity index (χ2v) is 3.04. The normalized spacial score (nSPS) is 15.2. The Bertz CT molecular complexity index is 374. The Hall–Kier alpha value is -1.45. The highest BCUT2D eigenvalue weighted by Crippen LogP contribution is 2.32. The van der Waals surface area contributed by atoms with Gasteiger partial charge in [-0.2, -0.15) is 0 Å². The van der Waals surface area contributed by atoms with Crippen LogP contribution in [0, 0.1) is 0 Å². The SMILES string of the molecule is O=C1CCOc2cccc(C(F)F)c21. The molecule has 0 N–H and O–H groups in total. The number of halogens is 2. The molecule has 2 nitrogen and oxygen atoms in total. The van der Waals surface area contributed by atoms with Gasteiger partial charge in [0.05, 0.1) is 12.2 Å². The Morgan fingerprint density at radius 1 is 1.36 bits per heavy atom. The molecule has 0 amide bonds. The fourth-order valence-electron chi connectivity index (χ4n) is 1.53. The predicted molar refractivity (Wildman–Crippen MR) is 45.8 cm³/mol. The summed E-state index contributed by atoms with van der Waals surface area (Å²) in [6.45, 7) is 0.276. The van der Waals surface area contributed by atoms with Crippen molar-refractivity contribution in [1.82, 2.24) is 0 Å². The first kappa shape index (κ1) is 9.12. The van der Waals surface area contributed by atoms with E-state index in [2.05, 4.69) is 0 Å². The molecule has 1 aliphatic heterocycles. The van der Waals surface area contributed by atoms with Gasteiger partial charge in [0, 0.05) is 12.0 Å². The Morgan fingerprint density at radius 2 is 2.14 bits per heavy atom. The zero-order chi connectivity index (χ0) is 10.1. The lowest BCUT2D eigenvalue weighted by Crippen LogP contribution is -2.17. The number of Topliss-reactive ketones (excluding diaryl/α,β-unsaturated/α-hetero) is 1. The fraction of sp³-hybridized carbons (Fsp3) is 0.300. The second-order valence-electron chi connectivity index (χ2n) is 3.04. The number of hydrogen-bond acceptors (Lipinski definition) is 2. The van der Waals surface area contributed by atoms with Crippen molar-refractivity contribution in [3.05, 3.63) is 29.3 Å². The van der Waals surface area contributed by atoms with E-state index >= 15 is 0 Å². The summed E-state index contributed by atoms with van der Waals surface area (Å²) in [5, 5.41) is 0. The van der Waals surface area contributed by atoms with Gasteiger partial charge in [-0.1, -0.05) is 12.1 Å². The van der Waals surface area contributed by atoms with Crippen LogP contribution in [0.4, 0.5) is 8.78 Å². The first-order chi connectivity index (χ1) is 6.70. The van der Waals surface area contributed by atoms with Crippen LogP contribution in [0.5, 0.6) is 5.75 Å². The first-order valence-corrected chi connectivity index (χ1v) is 4.27. The topological polar surface area (TPSA) is 26.3 Å². The molecule has 74 valence electrons. The van der Waals surface area contributed by atoms with E-state index in [9.17, 15) is 13.6 Å². The molecule has 0 saturated heterocycles. The largest absolute Gasteiger partial charge is 0.492 e. The fourth-order valence-corrected chi connectivity index (χ4v) is 1.53. The van der Waals surface area contributed by atoms with Crippen LogP contribution in [0.3, 0.4) is 0 Å². The van der Waals surface area contributed by atoms with Crippen molar-refractivity contribution in [3.63, 3.8) is 0 Å². The first-order valence-electron chi connectivity index (χ1n) is 4.27. The van der Waals surface area contributed by atoms with Gasteiger partial charge in [-0.25, -0.2) is 8.78 Å². The van der Waals surface area contributed by atoms with Gasteiger partial charge in [0.2, 0.25) is 0 Å². The summed E-state index contributed by atoms with van der Waals surface area (Å²) < 4.78 is 30.2. The third-order valence-corrected chi connectivity index (χ3v) is 2.16. The van der Waals surface area contributed by atoms with Gasteiger partial charge < -0.3 is 4.74 Å². The number of rotatable bonds is 1. The molecular formula is C10H8F2O2. The summed E-state index contributed by atoms with van der Waals surface area (Å²) in [6.07, 6.45) is -2.45. The zero-order valence-corrected chi connectivity index (χ0v) is 7.30. The molecule has 1 aliphatic rings. The van der Waals surface area contributed by atoms with Gasteiger partial charge >= 0.3 is 0 Å². The Labute approximate surface area is 79.5 Å². The summed E-state index contributed by atoms with van der Waals surface area (Å²) >= 11 is 0. The minimum atomic E-state index is -2.63. The quantitative estimate of drug-likeness (QED) is 0.693. The van der Waals surface area contributed by atoms with E-state index in [1.165, 1.54) is 18.2 Å². The number of benzene rings is 1. The average molecular weight is 198 g/mol. The number of ether oxygens (including phenoxy) is 1. The molecule has 0 spiro atoms. The summed E-state index contributed by atoms with van der Waals surface area (Å²) in [5.74, 6) is 0.0150. The highest BCUT2D eigenvalue weighted by atomic mass is 19.3. The molecular weight excluding hydrogens is 190 g/mol. The smallest absolute Gasteiger partial charge is 0.264 e. The van der Waals surface area contributed by atoms with Gasteiger partial charge in [-0.3, -0.25) is 4.79 Å². The molecule has 0 aromatic heterocycles. The third kappa shape index (κ3) is 1.36. The van der Waals surface area contributed by atoms with E-state index < -0.39 is 6.43 Å². The van der Waals surface area contributed by atoms with Gasteiger partial charge in [0.15, 0.2) is 5.78 Å². The lowest BCUT2D eigenvalue weighted by molar-refractivity contribution is 0.0915. The van der Waals surface area contributed by atoms with Crippen LogP contribution < -0.4 is 4.74 Å². The Balaban J connectivity index is 2.57. The number of alkyl halides is 2. The van der Waals surface area contributed by atoms with Gasteiger partial charge in [-0.05, 0) is 6.07 Å². The molecule has 0 aliphatic carbocycles. The molecule has 1 aromatic rings. The van der Waals surface area contributed by atoms with E-state index in [4.69, 9.17) is 4.74 Å². The van der Waals surface area contributed by atoms with E-state index in [-0.39, 0.29) is 35.7 Å². The molecule has 0 bridgehead atoms. The molecule has 0 atom stereocenters. The summed E-state index contributed by atoms with van der Waals surface area (Å²) in [4.78, 5) is 11.4. The highest BCUT2D eigenvalue weighted by Gasteiger charge is 2.25. The maximum Gasteiger partial charge on any atom is 0.264 e. The number of fused-ring (bicyclic) bond motifs is 1. The van der Waals surface area contributed by atoms with E-state index in [1.807, 2.05) is 0 Å². The summed E-state index contributed by atoms with van der Waals surface area (Å²) in [5.41, 5.74) is -0.180. The van der Waals surface area contributed by atoms with Crippen LogP contribution in [0.1, 0.15) is 28.8 Å². The molecule has 4 heteroatoms. The molecule has 1 aromatic carbocycles. The number of hydrogen-bond donors (Lipinski definition) is 0. The molecule has 2 rings (SSSR count). The van der Waals surface area contributed by atoms with Crippen molar-refractivity contribution in [2.45, 2.75) is 12.8 Å². The van der Waals surface area contributed by atoms with Crippen LogP contribution >= 0.6 is 0 Å². The average Bonchev–Trinajstić information content (AvgIpc) is 2.17. The minimum absolute atomic E-state index is 0.0498. The molecule has 0 unspecified atom stereocenters. The maximum atomic E-state index is 12.5. The van der Waals surface area contributed by atoms with Gasteiger partial charge in [0.25, 0.3) is 6.43 Å². The monoisotopic (exact) mass is 198 g/mol. The van der Waals surface area contributed by atoms with Gasteiger partial charge in [0.1, 0.15) is 5.75 Å². The predicted octanol–water partition coefficient (Wildman–Crippen LogP) is 2.59. The molecule has 0 saturated carbocycles. The Kier molecular flexibility index (Phi) is 2.19. The maximum absolute atomic E-state index is 12.5. The van der Waals surface area contributed by atoms with E-state index in [0.717, 1.165) is 0 Å². The molecule has 0 radical (unpaired) electrons. The minimum Gasteiger partial charge on any atom is -0.492 e. The van der Waals surface area contributed by atoms with E-state index in [0.29, 0.717) is 0 Å². The Morgan fingerprint density at radius 3 is 2.86 bits per heavy atom. The van der Waals surface area contributed by atoms with E-state index in [1.54, 1.807) is 0 Å². The number of ketones is 1. The second kappa shape index (κ2) is 3.36.